The monoisotopic (exact) mass is 322 g/mol. The molecule has 3 aliphatic carbocycles. The number of carbonyl (C=O) groups excluding carboxylic acids is 1. The number of fused-ring (bicyclic) bond motifs is 2. The molecule has 3 fully saturated rings. The van der Waals surface area contributed by atoms with Crippen molar-refractivity contribution in [2.24, 2.45) is 22.7 Å². The van der Waals surface area contributed by atoms with Gasteiger partial charge < -0.3 is 0 Å². The Bertz CT molecular complexity index is 655. The van der Waals surface area contributed by atoms with Gasteiger partial charge in [0.25, 0.3) is 0 Å². The number of hydrogen-bond acceptors (Lipinski definition) is 1. The molecule has 2 bridgehead atoms. The van der Waals surface area contributed by atoms with Gasteiger partial charge in [-0.05, 0) is 53.0 Å². The molecule has 0 heterocycles. The van der Waals surface area contributed by atoms with Gasteiger partial charge in [0, 0.05) is 15.5 Å². The molecule has 3 heteroatoms. The molecule has 1 aromatic rings. The molecule has 21 heavy (non-hydrogen) atoms. The van der Waals surface area contributed by atoms with Crippen LogP contribution in [0, 0.1) is 22.7 Å². The van der Waals surface area contributed by atoms with Crippen molar-refractivity contribution in [1.29, 1.82) is 0 Å². The van der Waals surface area contributed by atoms with Crippen molar-refractivity contribution in [1.82, 2.24) is 0 Å². The lowest BCUT2D eigenvalue weighted by Gasteiger charge is -2.63. The predicted octanol–water partition coefficient (Wildman–Crippen LogP) is 5.65. The molecule has 0 spiro atoms. The number of allylic oxidation sites excluding steroid dienone is 1. The van der Waals surface area contributed by atoms with E-state index in [4.69, 9.17) is 23.2 Å². The minimum atomic E-state index is -0.289. The van der Waals surface area contributed by atoms with Gasteiger partial charge in [-0.3, -0.25) is 4.79 Å². The average molecular weight is 323 g/mol. The van der Waals surface area contributed by atoms with Gasteiger partial charge in [0.2, 0.25) is 0 Å². The van der Waals surface area contributed by atoms with E-state index in [1.165, 1.54) is 0 Å². The first-order valence-corrected chi connectivity index (χ1v) is 8.12. The minimum Gasteiger partial charge on any atom is -0.294 e. The van der Waals surface area contributed by atoms with E-state index in [2.05, 4.69) is 27.7 Å². The molecule has 2 atom stereocenters. The molecule has 4 rings (SSSR count). The topological polar surface area (TPSA) is 17.1 Å². The van der Waals surface area contributed by atoms with E-state index < -0.39 is 0 Å². The van der Waals surface area contributed by atoms with E-state index in [-0.39, 0.29) is 16.6 Å². The highest BCUT2D eigenvalue weighted by atomic mass is 35.5. The van der Waals surface area contributed by atoms with Crippen molar-refractivity contribution in [2.45, 2.75) is 34.1 Å². The summed E-state index contributed by atoms with van der Waals surface area (Å²) in [6.07, 6.45) is 3.08. The molecule has 3 aliphatic rings. The Morgan fingerprint density at radius 1 is 1.19 bits per heavy atom. The highest BCUT2D eigenvalue weighted by molar-refractivity contribution is 6.35. The number of Topliss-reactive ketones (excluding diaryl/α,β-unsaturated/α-hetero) is 1. The average Bonchev–Trinajstić information content (AvgIpc) is 2.36. The lowest BCUT2D eigenvalue weighted by Crippen LogP contribution is -2.61. The predicted molar refractivity (Wildman–Crippen MR) is 88.6 cm³/mol. The zero-order valence-electron chi connectivity index (χ0n) is 12.8. The van der Waals surface area contributed by atoms with Gasteiger partial charge in [0.05, 0.1) is 0 Å². The number of hydrogen-bond donors (Lipinski definition) is 0. The van der Waals surface area contributed by atoms with Crippen molar-refractivity contribution < 1.29 is 4.79 Å². The number of benzene rings is 1. The molecule has 2 unspecified atom stereocenters. The van der Waals surface area contributed by atoms with Crippen LogP contribution in [0.5, 0.6) is 0 Å². The molecule has 112 valence electrons. The van der Waals surface area contributed by atoms with Crippen molar-refractivity contribution in [2.75, 3.05) is 0 Å². The van der Waals surface area contributed by atoms with Gasteiger partial charge in [-0.1, -0.05) is 57.0 Å². The molecule has 0 saturated heterocycles. The van der Waals surface area contributed by atoms with E-state index in [0.717, 1.165) is 17.6 Å². The first-order valence-electron chi connectivity index (χ1n) is 7.37. The second-order valence-electron chi connectivity index (χ2n) is 7.48. The summed E-state index contributed by atoms with van der Waals surface area (Å²) in [7, 11) is 0. The lowest BCUT2D eigenvalue weighted by molar-refractivity contribution is -0.155. The van der Waals surface area contributed by atoms with Crippen LogP contribution in [0.4, 0.5) is 0 Å². The van der Waals surface area contributed by atoms with Crippen LogP contribution in [0.2, 0.25) is 10.0 Å². The van der Waals surface area contributed by atoms with Crippen molar-refractivity contribution in [3.05, 3.63) is 39.4 Å². The van der Waals surface area contributed by atoms with Crippen LogP contribution < -0.4 is 0 Å². The summed E-state index contributed by atoms with van der Waals surface area (Å²) in [6, 6.07) is 5.42. The van der Waals surface area contributed by atoms with Crippen LogP contribution in [0.1, 0.15) is 39.7 Å². The van der Waals surface area contributed by atoms with Crippen LogP contribution in [0.15, 0.2) is 23.8 Å². The summed E-state index contributed by atoms with van der Waals surface area (Å²) < 4.78 is 0. The zero-order chi connectivity index (χ0) is 15.6. The van der Waals surface area contributed by atoms with E-state index in [0.29, 0.717) is 21.9 Å². The molecule has 0 aromatic heterocycles. The standard InChI is InChI=1S/C18H20Cl2O/c1-17(2)13-9-15(17)18(3,4)16(21)12(13)7-10-5-6-11(19)8-14(10)20/h5-8,13,15H,9H2,1-4H3/b12-7+. The van der Waals surface area contributed by atoms with E-state index >= 15 is 0 Å². The van der Waals surface area contributed by atoms with E-state index in [1.54, 1.807) is 6.07 Å². The summed E-state index contributed by atoms with van der Waals surface area (Å²) in [5.41, 5.74) is 1.70. The Balaban J connectivity index is 2.08. The van der Waals surface area contributed by atoms with E-state index in [1.807, 2.05) is 18.2 Å². The van der Waals surface area contributed by atoms with Crippen LogP contribution in [0.3, 0.4) is 0 Å². The Hall–Kier alpha value is -0.790. The molecule has 0 aliphatic heterocycles. The SMILES string of the molecule is CC1(C)C(=O)/C(=C/c2ccc(Cl)cc2Cl)C2CC1C2(C)C. The Kier molecular flexibility index (Phi) is 3.31. The summed E-state index contributed by atoms with van der Waals surface area (Å²) in [4.78, 5) is 12.8. The highest BCUT2D eigenvalue weighted by Crippen LogP contribution is 2.66. The van der Waals surface area contributed by atoms with Gasteiger partial charge >= 0.3 is 0 Å². The van der Waals surface area contributed by atoms with Gasteiger partial charge in [0.15, 0.2) is 5.78 Å². The molecular formula is C18H20Cl2O. The fourth-order valence-electron chi connectivity index (χ4n) is 4.32. The third-order valence-corrected chi connectivity index (χ3v) is 6.20. The number of ketones is 1. The van der Waals surface area contributed by atoms with Crippen molar-refractivity contribution >= 4 is 35.1 Å². The minimum absolute atomic E-state index is 0.183. The number of halogens is 2. The van der Waals surface area contributed by atoms with Crippen molar-refractivity contribution in [3.63, 3.8) is 0 Å². The maximum Gasteiger partial charge on any atom is 0.165 e. The molecule has 0 N–H and O–H groups in total. The lowest BCUT2D eigenvalue weighted by atomic mass is 9.40. The number of carbonyl (C=O) groups is 1. The quantitative estimate of drug-likeness (QED) is 0.611. The van der Waals surface area contributed by atoms with Gasteiger partial charge in [-0.15, -0.1) is 0 Å². The van der Waals surface area contributed by atoms with Gasteiger partial charge in [0.1, 0.15) is 0 Å². The van der Waals surface area contributed by atoms with Crippen molar-refractivity contribution in [3.8, 4) is 0 Å². The largest absolute Gasteiger partial charge is 0.294 e. The van der Waals surface area contributed by atoms with Gasteiger partial charge in [-0.25, -0.2) is 0 Å². The van der Waals surface area contributed by atoms with E-state index in [9.17, 15) is 4.79 Å². The number of rotatable bonds is 1. The third-order valence-electron chi connectivity index (χ3n) is 5.64. The highest BCUT2D eigenvalue weighted by Gasteiger charge is 2.63. The first kappa shape index (κ1) is 15.1. The summed E-state index contributed by atoms with van der Waals surface area (Å²) >= 11 is 12.2. The smallest absolute Gasteiger partial charge is 0.165 e. The van der Waals surface area contributed by atoms with Crippen LogP contribution >= 0.6 is 23.2 Å². The molecule has 1 aromatic carbocycles. The van der Waals surface area contributed by atoms with Crippen LogP contribution in [-0.2, 0) is 4.79 Å². The second-order valence-corrected chi connectivity index (χ2v) is 8.32. The fourth-order valence-corrected chi connectivity index (χ4v) is 4.78. The third kappa shape index (κ3) is 2.09. The Morgan fingerprint density at radius 2 is 1.86 bits per heavy atom. The Morgan fingerprint density at radius 3 is 2.43 bits per heavy atom. The summed E-state index contributed by atoms with van der Waals surface area (Å²) in [6.45, 7) is 8.71. The van der Waals surface area contributed by atoms with Crippen LogP contribution in [0.25, 0.3) is 6.08 Å². The first-order chi connectivity index (χ1) is 9.65. The fraction of sp³-hybridized carbons (Fsp3) is 0.500. The molecule has 3 saturated carbocycles. The molecule has 0 radical (unpaired) electrons. The molecular weight excluding hydrogens is 303 g/mol. The second kappa shape index (κ2) is 4.60. The van der Waals surface area contributed by atoms with Crippen LogP contribution in [-0.4, -0.2) is 5.78 Å². The maximum absolute atomic E-state index is 12.8. The summed E-state index contributed by atoms with van der Waals surface area (Å²) in [5.74, 6) is 1.09. The normalized spacial score (nSPS) is 31.1. The maximum atomic E-state index is 12.8. The molecule has 1 nitrogen and oxygen atoms in total. The summed E-state index contributed by atoms with van der Waals surface area (Å²) in [5, 5.41) is 1.21. The van der Waals surface area contributed by atoms with Gasteiger partial charge in [-0.2, -0.15) is 0 Å². The molecule has 0 amide bonds. The Labute approximate surface area is 136 Å². The zero-order valence-corrected chi connectivity index (χ0v) is 14.3.